The van der Waals surface area contributed by atoms with E-state index in [0.29, 0.717) is 17.8 Å². The highest BCUT2D eigenvalue weighted by molar-refractivity contribution is 5.99. The third-order valence-electron chi connectivity index (χ3n) is 4.39. The Hall–Kier alpha value is -2.40. The number of hydrogen-bond donors (Lipinski definition) is 1. The van der Waals surface area contributed by atoms with Gasteiger partial charge in [0.1, 0.15) is 5.82 Å². The number of para-hydroxylation sites is 1. The Labute approximate surface area is 141 Å². The highest BCUT2D eigenvalue weighted by Crippen LogP contribution is 2.16. The average molecular weight is 327 g/mol. The van der Waals surface area contributed by atoms with Gasteiger partial charge in [-0.15, -0.1) is 0 Å². The summed E-state index contributed by atoms with van der Waals surface area (Å²) in [6, 6.07) is 13.8. The lowest BCUT2D eigenvalue weighted by atomic mass is 10.1. The molecule has 24 heavy (non-hydrogen) atoms. The summed E-state index contributed by atoms with van der Waals surface area (Å²) in [5.41, 5.74) is 8.10. The van der Waals surface area contributed by atoms with Gasteiger partial charge in [0.05, 0.1) is 5.56 Å². The molecule has 126 valence electrons. The van der Waals surface area contributed by atoms with Crippen LogP contribution in [0.1, 0.15) is 22.3 Å². The van der Waals surface area contributed by atoms with Crippen molar-refractivity contribution < 1.29 is 9.18 Å². The van der Waals surface area contributed by atoms with Crippen LogP contribution in [0.2, 0.25) is 0 Å². The van der Waals surface area contributed by atoms with Crippen LogP contribution in [0.25, 0.3) is 0 Å². The molecule has 4 nitrogen and oxygen atoms in total. The van der Waals surface area contributed by atoms with Crippen LogP contribution in [0.4, 0.5) is 10.1 Å². The second-order valence-corrected chi connectivity index (χ2v) is 6.14. The van der Waals surface area contributed by atoms with Crippen LogP contribution in [0.5, 0.6) is 0 Å². The Bertz CT molecular complexity index is 702. The van der Waals surface area contributed by atoms with Crippen LogP contribution in [-0.2, 0) is 6.54 Å². The predicted octanol–water partition coefficient (Wildman–Crippen LogP) is 2.76. The molecule has 3 rings (SSSR count). The molecule has 5 heteroatoms. The summed E-state index contributed by atoms with van der Waals surface area (Å²) in [6.07, 6.45) is 0.916. The Balaban J connectivity index is 1.61. The normalized spacial score (nSPS) is 16.0. The van der Waals surface area contributed by atoms with Gasteiger partial charge in [0.2, 0.25) is 0 Å². The second kappa shape index (κ2) is 7.45. The van der Waals surface area contributed by atoms with Crippen molar-refractivity contribution >= 4 is 11.6 Å². The summed E-state index contributed by atoms with van der Waals surface area (Å²) in [4.78, 5) is 16.8. The number of benzene rings is 2. The first-order valence-electron chi connectivity index (χ1n) is 8.24. The van der Waals surface area contributed by atoms with Crippen molar-refractivity contribution in [3.05, 3.63) is 65.5 Å². The van der Waals surface area contributed by atoms with E-state index in [0.717, 1.165) is 38.2 Å². The molecule has 0 aliphatic carbocycles. The molecule has 0 atom stereocenters. The first-order valence-corrected chi connectivity index (χ1v) is 8.24. The summed E-state index contributed by atoms with van der Waals surface area (Å²) in [5.74, 6) is -0.219. The topological polar surface area (TPSA) is 49.6 Å². The number of nitrogen functional groups attached to an aromatic ring is 1. The van der Waals surface area contributed by atoms with Crippen molar-refractivity contribution in [3.63, 3.8) is 0 Å². The standard InChI is InChI=1S/C19H22FN3O/c20-16-8-6-15(7-9-16)14-22-10-3-11-23(13-12-22)19(24)17-4-1-2-5-18(17)21/h1-2,4-9H,3,10-14,21H2. The predicted molar refractivity (Wildman–Crippen MR) is 93.1 cm³/mol. The SMILES string of the molecule is Nc1ccccc1C(=O)N1CCCN(Cc2ccc(F)cc2)CC1. The van der Waals surface area contributed by atoms with Crippen molar-refractivity contribution in [2.24, 2.45) is 0 Å². The van der Waals surface area contributed by atoms with E-state index in [4.69, 9.17) is 5.73 Å². The van der Waals surface area contributed by atoms with Crippen LogP contribution >= 0.6 is 0 Å². The smallest absolute Gasteiger partial charge is 0.255 e. The van der Waals surface area contributed by atoms with Crippen LogP contribution < -0.4 is 5.73 Å². The quantitative estimate of drug-likeness (QED) is 0.882. The fourth-order valence-electron chi connectivity index (χ4n) is 3.04. The molecule has 1 aliphatic rings. The number of rotatable bonds is 3. The molecule has 0 saturated carbocycles. The molecule has 2 aromatic carbocycles. The number of hydrogen-bond acceptors (Lipinski definition) is 3. The minimum atomic E-state index is -0.216. The number of carbonyl (C=O) groups is 1. The highest BCUT2D eigenvalue weighted by atomic mass is 19.1. The lowest BCUT2D eigenvalue weighted by Gasteiger charge is -2.22. The minimum Gasteiger partial charge on any atom is -0.398 e. The molecular weight excluding hydrogens is 305 g/mol. The molecule has 1 fully saturated rings. The van der Waals surface area contributed by atoms with Crippen LogP contribution in [0.3, 0.4) is 0 Å². The van der Waals surface area contributed by atoms with E-state index in [9.17, 15) is 9.18 Å². The van der Waals surface area contributed by atoms with Gasteiger partial charge in [-0.25, -0.2) is 4.39 Å². The number of carbonyl (C=O) groups excluding carboxylic acids is 1. The molecule has 2 aromatic rings. The van der Waals surface area contributed by atoms with E-state index >= 15 is 0 Å². The van der Waals surface area contributed by atoms with E-state index in [-0.39, 0.29) is 11.7 Å². The summed E-state index contributed by atoms with van der Waals surface area (Å²) in [6.45, 7) is 3.90. The second-order valence-electron chi connectivity index (χ2n) is 6.14. The molecular formula is C19H22FN3O. The molecule has 0 spiro atoms. The van der Waals surface area contributed by atoms with Crippen LogP contribution in [-0.4, -0.2) is 41.9 Å². The average Bonchev–Trinajstić information content (AvgIpc) is 2.82. The molecule has 2 N–H and O–H groups in total. The minimum absolute atomic E-state index is 0.00303. The maximum absolute atomic E-state index is 13.0. The van der Waals surface area contributed by atoms with Gasteiger partial charge in [0, 0.05) is 38.4 Å². The van der Waals surface area contributed by atoms with E-state index in [1.807, 2.05) is 29.2 Å². The van der Waals surface area contributed by atoms with Gasteiger partial charge in [0.15, 0.2) is 0 Å². The number of anilines is 1. The fraction of sp³-hybridized carbons (Fsp3) is 0.316. The molecule has 1 saturated heterocycles. The summed E-state index contributed by atoms with van der Waals surface area (Å²) < 4.78 is 13.0. The Morgan fingerprint density at radius 2 is 1.75 bits per heavy atom. The van der Waals surface area contributed by atoms with E-state index in [1.165, 1.54) is 12.1 Å². The van der Waals surface area contributed by atoms with Crippen molar-refractivity contribution in [2.45, 2.75) is 13.0 Å². The van der Waals surface area contributed by atoms with Gasteiger partial charge in [-0.05, 0) is 36.2 Å². The van der Waals surface area contributed by atoms with Gasteiger partial charge in [-0.3, -0.25) is 9.69 Å². The maximum atomic E-state index is 13.0. The van der Waals surface area contributed by atoms with Crippen LogP contribution in [0.15, 0.2) is 48.5 Å². The van der Waals surface area contributed by atoms with Crippen molar-refractivity contribution in [2.75, 3.05) is 31.9 Å². The number of amides is 1. The zero-order valence-corrected chi connectivity index (χ0v) is 13.6. The Kier molecular flexibility index (Phi) is 5.11. The van der Waals surface area contributed by atoms with Crippen LogP contribution in [0, 0.1) is 5.82 Å². The van der Waals surface area contributed by atoms with Gasteiger partial charge in [0.25, 0.3) is 5.91 Å². The Morgan fingerprint density at radius 1 is 1.00 bits per heavy atom. The van der Waals surface area contributed by atoms with E-state index in [2.05, 4.69) is 4.90 Å². The van der Waals surface area contributed by atoms with Crippen molar-refractivity contribution in [3.8, 4) is 0 Å². The highest BCUT2D eigenvalue weighted by Gasteiger charge is 2.21. The van der Waals surface area contributed by atoms with Gasteiger partial charge < -0.3 is 10.6 Å². The number of nitrogens with zero attached hydrogens (tertiary/aromatic N) is 2. The van der Waals surface area contributed by atoms with E-state index < -0.39 is 0 Å². The zero-order valence-electron chi connectivity index (χ0n) is 13.6. The van der Waals surface area contributed by atoms with Gasteiger partial charge >= 0.3 is 0 Å². The zero-order chi connectivity index (χ0) is 16.9. The molecule has 0 unspecified atom stereocenters. The fourth-order valence-corrected chi connectivity index (χ4v) is 3.04. The largest absolute Gasteiger partial charge is 0.398 e. The molecule has 1 aliphatic heterocycles. The summed E-state index contributed by atoms with van der Waals surface area (Å²) in [5, 5.41) is 0. The van der Waals surface area contributed by atoms with Gasteiger partial charge in [-0.2, -0.15) is 0 Å². The number of halogens is 1. The van der Waals surface area contributed by atoms with E-state index in [1.54, 1.807) is 12.1 Å². The molecule has 0 bridgehead atoms. The Morgan fingerprint density at radius 3 is 2.50 bits per heavy atom. The van der Waals surface area contributed by atoms with Crippen molar-refractivity contribution in [1.29, 1.82) is 0 Å². The first-order chi connectivity index (χ1) is 11.6. The molecule has 1 heterocycles. The monoisotopic (exact) mass is 327 g/mol. The lowest BCUT2D eigenvalue weighted by Crippen LogP contribution is -2.35. The third kappa shape index (κ3) is 3.92. The maximum Gasteiger partial charge on any atom is 0.255 e. The summed E-state index contributed by atoms with van der Waals surface area (Å²) in [7, 11) is 0. The van der Waals surface area contributed by atoms with Crippen molar-refractivity contribution in [1.82, 2.24) is 9.80 Å². The third-order valence-corrected chi connectivity index (χ3v) is 4.39. The first kappa shape index (κ1) is 16.5. The molecule has 0 radical (unpaired) electrons. The van der Waals surface area contributed by atoms with Gasteiger partial charge in [-0.1, -0.05) is 24.3 Å². The lowest BCUT2D eigenvalue weighted by molar-refractivity contribution is 0.0762. The molecule has 0 aromatic heterocycles. The summed E-state index contributed by atoms with van der Waals surface area (Å²) >= 11 is 0. The number of nitrogens with two attached hydrogens (primary N) is 1. The molecule has 1 amide bonds.